The van der Waals surface area contributed by atoms with Crippen molar-refractivity contribution in [3.8, 4) is 18.2 Å². The number of phosphoric acid groups is 2. The van der Waals surface area contributed by atoms with Gasteiger partial charge in [0.25, 0.3) is 5.56 Å². The molecular formula is C34H48N8O16P2. The van der Waals surface area contributed by atoms with E-state index >= 15 is 0 Å². The highest BCUT2D eigenvalue weighted by Gasteiger charge is 2.52. The molecule has 2 aromatic rings. The van der Waals surface area contributed by atoms with Crippen LogP contribution in [0, 0.1) is 51.7 Å². The molecule has 1 aliphatic rings. The minimum Gasteiger partial charge on any atom is -0.455 e. The van der Waals surface area contributed by atoms with Crippen molar-refractivity contribution in [2.24, 2.45) is 17.8 Å². The fraction of sp³-hybridized carbons (Fsp3) is 0.676. The molecule has 1 aliphatic heterocycles. The quantitative estimate of drug-likeness (QED) is 0.0732. The van der Waals surface area contributed by atoms with Crippen molar-refractivity contribution in [1.29, 1.82) is 15.8 Å². The van der Waals surface area contributed by atoms with Gasteiger partial charge in [-0.15, -0.1) is 0 Å². The summed E-state index contributed by atoms with van der Waals surface area (Å²) in [5.74, 6) is -4.12. The van der Waals surface area contributed by atoms with Gasteiger partial charge in [-0.1, -0.05) is 41.5 Å². The SMILES string of the molecule is CC(C)C(=O)Nc1nc2c(ncn2[C@@H]2OC(COP(=O)(OCCC#N)OCC(CO)OP(=O)(OCCC#N)OCCC#N)[C@@H](OC(=O)C(C)C)[C@H]2OC(=O)C(C)C)c(=O)[nH]1. The lowest BCUT2D eigenvalue weighted by atomic mass is 10.1. The number of anilines is 1. The molecule has 60 heavy (non-hydrogen) atoms. The molecule has 6 atom stereocenters. The molecule has 3 N–H and O–H groups in total. The van der Waals surface area contributed by atoms with Crippen molar-refractivity contribution in [1.82, 2.24) is 19.5 Å². The van der Waals surface area contributed by atoms with Gasteiger partial charge < -0.3 is 19.3 Å². The lowest BCUT2D eigenvalue weighted by Gasteiger charge is -2.27. The van der Waals surface area contributed by atoms with Crippen LogP contribution in [0.1, 0.15) is 67.0 Å². The summed E-state index contributed by atoms with van der Waals surface area (Å²) < 4.78 is 78.3. The maximum absolute atomic E-state index is 14.1. The number of esters is 2. The lowest BCUT2D eigenvalue weighted by Crippen LogP contribution is -2.42. The third kappa shape index (κ3) is 14.2. The van der Waals surface area contributed by atoms with Crippen LogP contribution in [0.4, 0.5) is 5.95 Å². The monoisotopic (exact) mass is 886 g/mol. The predicted molar refractivity (Wildman–Crippen MR) is 203 cm³/mol. The zero-order valence-electron chi connectivity index (χ0n) is 33.7. The van der Waals surface area contributed by atoms with E-state index in [1.807, 2.05) is 0 Å². The predicted octanol–water partition coefficient (Wildman–Crippen LogP) is 3.16. The molecule has 330 valence electrons. The number of fused-ring (bicyclic) bond motifs is 1. The summed E-state index contributed by atoms with van der Waals surface area (Å²) in [4.78, 5) is 62.6. The maximum atomic E-state index is 14.1. The van der Waals surface area contributed by atoms with Gasteiger partial charge in [-0.3, -0.25) is 61.2 Å². The molecule has 3 heterocycles. The summed E-state index contributed by atoms with van der Waals surface area (Å²) >= 11 is 0. The lowest BCUT2D eigenvalue weighted by molar-refractivity contribution is -0.172. The number of aromatic amines is 1. The normalized spacial score (nSPS) is 19.4. The van der Waals surface area contributed by atoms with Crippen molar-refractivity contribution >= 4 is 50.6 Å². The van der Waals surface area contributed by atoms with Crippen LogP contribution in [0.3, 0.4) is 0 Å². The third-order valence-corrected chi connectivity index (χ3v) is 10.9. The molecule has 24 nitrogen and oxygen atoms in total. The Morgan fingerprint density at radius 1 is 0.867 bits per heavy atom. The number of H-pyrrole nitrogens is 1. The van der Waals surface area contributed by atoms with Gasteiger partial charge in [-0.05, 0) is 0 Å². The summed E-state index contributed by atoms with van der Waals surface area (Å²) in [5, 5.41) is 39.3. The summed E-state index contributed by atoms with van der Waals surface area (Å²) in [7, 11) is -9.36. The molecule has 0 saturated carbocycles. The molecule has 3 unspecified atom stereocenters. The number of hydrogen-bond donors (Lipinski definition) is 3. The molecule has 0 aromatic carbocycles. The van der Waals surface area contributed by atoms with E-state index in [4.69, 9.17) is 57.1 Å². The fourth-order valence-corrected chi connectivity index (χ4v) is 7.30. The first-order valence-corrected chi connectivity index (χ1v) is 21.5. The second kappa shape index (κ2) is 23.4. The first-order valence-electron chi connectivity index (χ1n) is 18.6. The number of ether oxygens (including phenoxy) is 3. The summed E-state index contributed by atoms with van der Waals surface area (Å²) in [6.45, 7) is 5.52. The highest BCUT2D eigenvalue weighted by atomic mass is 31.2. The average molecular weight is 887 g/mol. The first kappa shape index (κ1) is 49.7. The molecular weight excluding hydrogens is 838 g/mol. The van der Waals surface area contributed by atoms with Crippen molar-refractivity contribution in [2.45, 2.75) is 91.4 Å². The smallest absolute Gasteiger partial charge is 0.455 e. The Hall–Kier alpha value is -4.63. The van der Waals surface area contributed by atoms with Gasteiger partial charge >= 0.3 is 27.6 Å². The standard InChI is InChI=1S/C34H48N8O16P2/c1-20(2)29(44)40-34-39-28-25(30(45)41-34)38-19-42(28)31-27(57-33(47)22(5)6)26(56-32(46)21(3)4)24(55-31)18-54-59(48,50-13-7-10-35)53-17-23(16-43)58-60(49,51-14-8-11-36)52-15-9-12-37/h19-24,26-27,31,43H,7-9,13-18H2,1-6H3,(H2,39,40,41,44,45)/t23?,24?,26-,27-,31-,59?/m1/s1. The number of amides is 1. The number of carbonyl (C=O) groups is 3. The van der Waals surface area contributed by atoms with E-state index < -0.39 is 127 Å². The van der Waals surface area contributed by atoms with Gasteiger partial charge in [0, 0.05) is 5.92 Å². The van der Waals surface area contributed by atoms with Crippen molar-refractivity contribution in [2.75, 3.05) is 45.0 Å². The molecule has 2 aromatic heterocycles. The molecule has 3 rings (SSSR count). The van der Waals surface area contributed by atoms with Crippen LogP contribution < -0.4 is 10.9 Å². The molecule has 1 saturated heterocycles. The Morgan fingerprint density at radius 2 is 1.42 bits per heavy atom. The van der Waals surface area contributed by atoms with E-state index in [1.54, 1.807) is 45.9 Å². The number of rotatable bonds is 25. The number of hydrogen-bond acceptors (Lipinski definition) is 21. The van der Waals surface area contributed by atoms with Crippen molar-refractivity contribution in [3.05, 3.63) is 16.7 Å². The summed E-state index contributed by atoms with van der Waals surface area (Å²) in [5.41, 5.74) is -1.09. The van der Waals surface area contributed by atoms with Gasteiger partial charge in [0.2, 0.25) is 11.9 Å². The molecule has 0 radical (unpaired) electrons. The van der Waals surface area contributed by atoms with Crippen LogP contribution in [-0.2, 0) is 64.9 Å². The Balaban J connectivity index is 2.01. The third-order valence-electron chi connectivity index (χ3n) is 7.89. The van der Waals surface area contributed by atoms with E-state index in [9.17, 15) is 33.4 Å². The van der Waals surface area contributed by atoms with Crippen LogP contribution >= 0.6 is 15.6 Å². The van der Waals surface area contributed by atoms with E-state index in [-0.39, 0.29) is 36.4 Å². The minimum atomic E-state index is -4.83. The Bertz CT molecular complexity index is 2050. The number of carbonyl (C=O) groups excluding carboxylic acids is 3. The maximum Gasteiger partial charge on any atom is 0.475 e. The molecule has 0 aliphatic carbocycles. The molecule has 1 amide bonds. The van der Waals surface area contributed by atoms with Crippen molar-refractivity contribution < 1.29 is 70.0 Å². The first-order chi connectivity index (χ1) is 28.4. The zero-order chi connectivity index (χ0) is 44.6. The van der Waals surface area contributed by atoms with Gasteiger partial charge in [0.05, 0.1) is 95.3 Å². The molecule has 1 fully saturated rings. The number of phosphoric ester groups is 2. The molecule has 0 spiro atoms. The Labute approximate surface area is 344 Å². The molecule has 0 bridgehead atoms. The van der Waals surface area contributed by atoms with E-state index in [0.717, 1.165) is 6.33 Å². The van der Waals surface area contributed by atoms with Gasteiger partial charge in [0.15, 0.2) is 29.6 Å². The highest BCUT2D eigenvalue weighted by Crippen LogP contribution is 2.53. The van der Waals surface area contributed by atoms with Crippen LogP contribution in [0.15, 0.2) is 11.1 Å². The number of nitrogens with zero attached hydrogens (tertiary/aromatic N) is 6. The number of imidazole rings is 1. The number of aliphatic hydroxyl groups is 1. The fourth-order valence-electron chi connectivity index (χ4n) is 4.76. The molecule has 26 heteroatoms. The second-order valence-corrected chi connectivity index (χ2v) is 17.0. The Morgan fingerprint density at radius 3 is 1.93 bits per heavy atom. The zero-order valence-corrected chi connectivity index (χ0v) is 35.5. The van der Waals surface area contributed by atoms with E-state index in [0.29, 0.717) is 0 Å². The van der Waals surface area contributed by atoms with Gasteiger partial charge in [-0.25, -0.2) is 14.1 Å². The average Bonchev–Trinajstić information content (AvgIpc) is 3.76. The highest BCUT2D eigenvalue weighted by molar-refractivity contribution is 7.48. The number of nitriles is 3. The largest absolute Gasteiger partial charge is 0.475 e. The number of nitrogens with one attached hydrogen (secondary N) is 2. The number of aromatic nitrogens is 4. The van der Waals surface area contributed by atoms with E-state index in [2.05, 4.69) is 20.3 Å². The second-order valence-electron chi connectivity index (χ2n) is 13.7. The van der Waals surface area contributed by atoms with Crippen molar-refractivity contribution in [3.63, 3.8) is 0 Å². The van der Waals surface area contributed by atoms with E-state index in [1.165, 1.54) is 18.4 Å². The summed E-state index contributed by atoms with van der Waals surface area (Å²) in [6, 6.07) is 5.34. The van der Waals surface area contributed by atoms with Crippen LogP contribution in [0.25, 0.3) is 11.2 Å². The summed E-state index contributed by atoms with van der Waals surface area (Å²) in [6.07, 6.45) is -7.09. The van der Waals surface area contributed by atoms with Gasteiger partial charge in [0.1, 0.15) is 12.2 Å². The van der Waals surface area contributed by atoms with Crippen LogP contribution in [0.2, 0.25) is 0 Å². The van der Waals surface area contributed by atoms with Gasteiger partial charge in [-0.2, -0.15) is 20.8 Å². The Kier molecular flexibility index (Phi) is 19.4. The van der Waals surface area contributed by atoms with Crippen LogP contribution in [0.5, 0.6) is 0 Å². The number of aliphatic hydroxyl groups excluding tert-OH is 1. The minimum absolute atomic E-state index is 0.140. The topological polar surface area (TPSA) is 336 Å². The van der Waals surface area contributed by atoms with Crippen LogP contribution in [-0.4, -0.2) is 107 Å².